The highest BCUT2D eigenvalue weighted by Crippen LogP contribution is 2.38. The van der Waals surface area contributed by atoms with Gasteiger partial charge in [0.15, 0.2) is 0 Å². The number of amides is 2. The van der Waals surface area contributed by atoms with Gasteiger partial charge in [-0.1, -0.05) is 93.6 Å². The van der Waals surface area contributed by atoms with Gasteiger partial charge in [0.25, 0.3) is 14.2 Å². The minimum absolute atomic E-state index is 0.0180. The third-order valence-corrected chi connectivity index (χ3v) is 14.2. The predicted molar refractivity (Wildman–Crippen MR) is 178 cm³/mol. The fraction of sp³-hybridized carbons (Fsp3) is 0.361. The fourth-order valence-corrected chi connectivity index (χ4v) is 11.4. The SMILES string of the molecule is CC(C)(C)[Si](OCC1CCN(c2ccc(-c3ccn(C4CCC(=O)NC4=O)n3)cc2)CC1)(c1ccccc1)c1ccccc1. The van der Waals surface area contributed by atoms with Crippen LogP contribution >= 0.6 is 0 Å². The summed E-state index contributed by atoms with van der Waals surface area (Å²) in [5.74, 6) is 0.0139. The summed E-state index contributed by atoms with van der Waals surface area (Å²) in [7, 11) is -2.53. The van der Waals surface area contributed by atoms with Crippen LogP contribution in [-0.2, 0) is 14.0 Å². The van der Waals surface area contributed by atoms with Gasteiger partial charge in [-0.2, -0.15) is 5.10 Å². The van der Waals surface area contributed by atoms with Crippen LogP contribution in [0.15, 0.2) is 97.2 Å². The summed E-state index contributed by atoms with van der Waals surface area (Å²) in [6.45, 7) is 9.78. The molecule has 0 spiro atoms. The summed E-state index contributed by atoms with van der Waals surface area (Å²) in [6.07, 6.45) is 4.82. The molecule has 0 saturated carbocycles. The van der Waals surface area contributed by atoms with Crippen LogP contribution in [-0.4, -0.2) is 49.6 Å². The summed E-state index contributed by atoms with van der Waals surface area (Å²) < 4.78 is 8.91. The number of carbonyl (C=O) groups excluding carboxylic acids is 2. The van der Waals surface area contributed by atoms with Gasteiger partial charge in [0, 0.05) is 43.6 Å². The van der Waals surface area contributed by atoms with E-state index in [1.54, 1.807) is 4.68 Å². The van der Waals surface area contributed by atoms with Crippen LogP contribution in [0.3, 0.4) is 0 Å². The highest BCUT2D eigenvalue weighted by Gasteiger charge is 2.50. The van der Waals surface area contributed by atoms with Crippen molar-refractivity contribution in [3.63, 3.8) is 0 Å². The molecule has 1 aromatic heterocycles. The first kappa shape index (κ1) is 30.0. The number of benzene rings is 3. The summed E-state index contributed by atoms with van der Waals surface area (Å²) >= 11 is 0. The second-order valence-electron chi connectivity index (χ2n) is 13.1. The van der Waals surface area contributed by atoms with Gasteiger partial charge in [-0.25, -0.2) is 0 Å². The van der Waals surface area contributed by atoms with E-state index in [-0.39, 0.29) is 16.9 Å². The van der Waals surface area contributed by atoms with Crippen molar-refractivity contribution in [3.8, 4) is 11.3 Å². The molecule has 7 nitrogen and oxygen atoms in total. The van der Waals surface area contributed by atoms with Crippen LogP contribution in [0.2, 0.25) is 5.04 Å². The van der Waals surface area contributed by atoms with E-state index in [0.29, 0.717) is 18.8 Å². The standard InChI is InChI=1S/C36H42N4O3Si/c1-36(2,3)44(30-10-6-4-7-11-30,31-12-8-5-9-13-31)43-26-27-20-23-39(24-21-27)29-16-14-28(15-17-29)32-22-25-40(38-32)33-18-19-34(41)37-35(33)42/h4-17,22,25,27,33H,18-21,23-24,26H2,1-3H3,(H,37,41,42). The van der Waals surface area contributed by atoms with Gasteiger partial charge < -0.3 is 9.33 Å². The lowest BCUT2D eigenvalue weighted by Crippen LogP contribution is -2.67. The van der Waals surface area contributed by atoms with Gasteiger partial charge in [-0.3, -0.25) is 19.6 Å². The minimum Gasteiger partial charge on any atom is -0.407 e. The van der Waals surface area contributed by atoms with Crippen LogP contribution < -0.4 is 20.6 Å². The monoisotopic (exact) mass is 606 g/mol. The molecule has 1 unspecified atom stereocenters. The van der Waals surface area contributed by atoms with Crippen LogP contribution in [0.1, 0.15) is 52.5 Å². The lowest BCUT2D eigenvalue weighted by Gasteiger charge is -2.44. The van der Waals surface area contributed by atoms with E-state index in [1.165, 1.54) is 16.1 Å². The topological polar surface area (TPSA) is 76.5 Å². The molecule has 2 aliphatic heterocycles. The number of rotatable bonds is 8. The van der Waals surface area contributed by atoms with E-state index in [2.05, 4.69) is 121 Å². The molecule has 0 bridgehead atoms. The highest BCUT2D eigenvalue weighted by atomic mass is 28.4. The van der Waals surface area contributed by atoms with E-state index in [4.69, 9.17) is 4.43 Å². The number of carbonyl (C=O) groups is 2. The average Bonchev–Trinajstić information content (AvgIpc) is 3.52. The Kier molecular flexibility index (Phi) is 8.56. The van der Waals surface area contributed by atoms with Gasteiger partial charge in [0.05, 0.1) is 5.69 Å². The van der Waals surface area contributed by atoms with Crippen molar-refractivity contribution in [2.24, 2.45) is 5.92 Å². The Hall–Kier alpha value is -4.01. The zero-order valence-corrected chi connectivity index (χ0v) is 26.9. The molecular formula is C36H42N4O3Si. The van der Waals surface area contributed by atoms with Gasteiger partial charge >= 0.3 is 0 Å². The summed E-state index contributed by atoms with van der Waals surface area (Å²) in [6, 6.07) is 31.8. The largest absolute Gasteiger partial charge is 0.407 e. The van der Waals surface area contributed by atoms with Gasteiger partial charge in [0.2, 0.25) is 5.91 Å². The number of hydrogen-bond acceptors (Lipinski definition) is 5. The van der Waals surface area contributed by atoms with E-state index in [0.717, 1.165) is 43.8 Å². The number of nitrogens with one attached hydrogen (secondary N) is 1. The molecule has 3 heterocycles. The molecule has 1 N–H and O–H groups in total. The molecule has 228 valence electrons. The maximum absolute atomic E-state index is 12.3. The smallest absolute Gasteiger partial charge is 0.261 e. The summed E-state index contributed by atoms with van der Waals surface area (Å²) in [5, 5.41) is 9.71. The van der Waals surface area contributed by atoms with Crippen molar-refractivity contribution in [2.45, 2.75) is 57.5 Å². The molecule has 2 aliphatic rings. The molecular weight excluding hydrogens is 565 g/mol. The Morgan fingerprint density at radius 2 is 1.45 bits per heavy atom. The van der Waals surface area contributed by atoms with Crippen molar-refractivity contribution >= 4 is 36.2 Å². The number of nitrogens with zero attached hydrogens (tertiary/aromatic N) is 3. The fourth-order valence-electron chi connectivity index (χ4n) is 6.81. The molecule has 2 saturated heterocycles. The van der Waals surface area contributed by atoms with E-state index >= 15 is 0 Å². The number of hydrogen-bond donors (Lipinski definition) is 1. The number of anilines is 1. The molecule has 0 radical (unpaired) electrons. The normalized spacial score (nSPS) is 18.3. The molecule has 4 aromatic rings. The predicted octanol–water partition coefficient (Wildman–Crippen LogP) is 5.32. The summed E-state index contributed by atoms with van der Waals surface area (Å²) in [4.78, 5) is 26.2. The molecule has 1 atom stereocenters. The van der Waals surface area contributed by atoms with Crippen molar-refractivity contribution in [1.82, 2.24) is 15.1 Å². The molecule has 2 amide bonds. The molecule has 8 heteroatoms. The first-order chi connectivity index (χ1) is 21.2. The number of aromatic nitrogens is 2. The molecule has 2 fully saturated rings. The van der Waals surface area contributed by atoms with Crippen LogP contribution in [0.4, 0.5) is 5.69 Å². The average molecular weight is 607 g/mol. The van der Waals surface area contributed by atoms with Gasteiger partial charge in [-0.05, 0) is 58.8 Å². The second-order valence-corrected chi connectivity index (χ2v) is 17.4. The summed E-state index contributed by atoms with van der Waals surface area (Å²) in [5.41, 5.74) is 3.04. The highest BCUT2D eigenvalue weighted by molar-refractivity contribution is 6.99. The Morgan fingerprint density at radius 1 is 0.841 bits per heavy atom. The van der Waals surface area contributed by atoms with Crippen molar-refractivity contribution in [1.29, 1.82) is 0 Å². The minimum atomic E-state index is -2.53. The Bertz CT molecular complexity index is 1530. The first-order valence-corrected chi connectivity index (χ1v) is 17.6. The lowest BCUT2D eigenvalue weighted by atomic mass is 9.97. The Labute approximate surface area is 261 Å². The lowest BCUT2D eigenvalue weighted by molar-refractivity contribution is -0.135. The third-order valence-electron chi connectivity index (χ3n) is 9.23. The molecule has 6 rings (SSSR count). The molecule has 0 aliphatic carbocycles. The quantitative estimate of drug-likeness (QED) is 0.217. The van der Waals surface area contributed by atoms with Crippen molar-refractivity contribution < 1.29 is 14.0 Å². The van der Waals surface area contributed by atoms with Crippen LogP contribution in [0.5, 0.6) is 0 Å². The van der Waals surface area contributed by atoms with E-state index in [9.17, 15) is 9.59 Å². The zero-order valence-electron chi connectivity index (χ0n) is 25.9. The number of piperidine rings is 2. The zero-order chi connectivity index (χ0) is 30.7. The third kappa shape index (κ3) is 6.01. The Balaban J connectivity index is 1.10. The van der Waals surface area contributed by atoms with Crippen molar-refractivity contribution in [2.75, 3.05) is 24.6 Å². The van der Waals surface area contributed by atoms with Crippen molar-refractivity contribution in [3.05, 3.63) is 97.2 Å². The van der Waals surface area contributed by atoms with Gasteiger partial charge in [-0.15, -0.1) is 0 Å². The van der Waals surface area contributed by atoms with Crippen LogP contribution in [0, 0.1) is 5.92 Å². The van der Waals surface area contributed by atoms with Crippen LogP contribution in [0.25, 0.3) is 11.3 Å². The van der Waals surface area contributed by atoms with E-state index < -0.39 is 14.4 Å². The molecule has 3 aromatic carbocycles. The number of imide groups is 1. The Morgan fingerprint density at radius 3 is 2.02 bits per heavy atom. The maximum atomic E-state index is 12.3. The maximum Gasteiger partial charge on any atom is 0.261 e. The second kappa shape index (κ2) is 12.5. The molecule has 44 heavy (non-hydrogen) atoms. The van der Waals surface area contributed by atoms with E-state index in [1.807, 2.05) is 12.3 Å². The first-order valence-electron chi connectivity index (χ1n) is 15.7. The van der Waals surface area contributed by atoms with Gasteiger partial charge in [0.1, 0.15) is 6.04 Å².